The van der Waals surface area contributed by atoms with Crippen molar-refractivity contribution in [2.75, 3.05) is 13.6 Å². The Labute approximate surface area is 119 Å². The first-order valence-corrected chi connectivity index (χ1v) is 6.98. The predicted octanol–water partition coefficient (Wildman–Crippen LogP) is 2.06. The summed E-state index contributed by atoms with van der Waals surface area (Å²) in [5.41, 5.74) is -0.0774. The van der Waals surface area contributed by atoms with Gasteiger partial charge in [0.1, 0.15) is 5.92 Å². The summed E-state index contributed by atoms with van der Waals surface area (Å²) in [6.07, 6.45) is 3.46. The molecule has 0 heterocycles. The van der Waals surface area contributed by atoms with Crippen molar-refractivity contribution in [2.24, 2.45) is 0 Å². The molecule has 0 radical (unpaired) electrons. The number of carbonyl (C=O) groups excluding carboxylic acids is 1. The van der Waals surface area contributed by atoms with Crippen LogP contribution in [0.5, 0.6) is 0 Å². The van der Waals surface area contributed by atoms with Gasteiger partial charge in [-0.05, 0) is 18.4 Å². The molecule has 4 nitrogen and oxygen atoms in total. The van der Waals surface area contributed by atoms with Crippen LogP contribution in [-0.2, 0) is 4.79 Å². The summed E-state index contributed by atoms with van der Waals surface area (Å²) in [5.74, 6) is -1.05. The van der Waals surface area contributed by atoms with Gasteiger partial charge < -0.3 is 10.0 Å². The first-order chi connectivity index (χ1) is 9.56. The first kappa shape index (κ1) is 14.5. The lowest BCUT2D eigenvalue weighted by Gasteiger charge is -2.29. The van der Waals surface area contributed by atoms with Crippen LogP contribution in [0, 0.1) is 11.3 Å². The third-order valence-corrected chi connectivity index (χ3v) is 3.95. The summed E-state index contributed by atoms with van der Waals surface area (Å²) in [5, 5.41) is 19.6. The van der Waals surface area contributed by atoms with E-state index < -0.39 is 11.5 Å². The highest BCUT2D eigenvalue weighted by molar-refractivity contribution is 5.86. The van der Waals surface area contributed by atoms with Gasteiger partial charge in [0.05, 0.1) is 11.7 Å². The van der Waals surface area contributed by atoms with Crippen LogP contribution in [-0.4, -0.2) is 35.1 Å². The van der Waals surface area contributed by atoms with Crippen molar-refractivity contribution >= 4 is 5.91 Å². The Kier molecular flexibility index (Phi) is 4.41. The molecule has 0 spiro atoms. The zero-order valence-corrected chi connectivity index (χ0v) is 11.7. The van der Waals surface area contributed by atoms with Crippen molar-refractivity contribution in [2.45, 2.75) is 37.2 Å². The third kappa shape index (κ3) is 3.17. The maximum Gasteiger partial charge on any atom is 0.244 e. The van der Waals surface area contributed by atoms with Crippen molar-refractivity contribution in [3.8, 4) is 6.07 Å². The number of carbonyl (C=O) groups is 1. The molecule has 106 valence electrons. The average Bonchev–Trinajstić information content (AvgIpc) is 2.87. The van der Waals surface area contributed by atoms with E-state index >= 15 is 0 Å². The van der Waals surface area contributed by atoms with E-state index in [1.54, 1.807) is 19.2 Å². The lowest BCUT2D eigenvalue weighted by Crippen LogP contribution is -2.43. The van der Waals surface area contributed by atoms with Crippen molar-refractivity contribution in [3.63, 3.8) is 0 Å². The molecule has 1 aliphatic rings. The number of hydrogen-bond acceptors (Lipinski definition) is 3. The standard InChI is InChI=1S/C16H20N2O2/c1-18(12-16(20)9-5-6-10-16)15(19)14(11-17)13-7-3-2-4-8-13/h2-4,7-8,14,20H,5-6,9-10,12H2,1H3. The SMILES string of the molecule is CN(CC1(O)CCCC1)C(=O)C(C#N)c1ccccc1. The lowest BCUT2D eigenvalue weighted by atomic mass is 9.97. The van der Waals surface area contributed by atoms with Gasteiger partial charge in [-0.2, -0.15) is 5.26 Å². The second-order valence-corrected chi connectivity index (χ2v) is 5.60. The van der Waals surface area contributed by atoms with E-state index in [9.17, 15) is 15.2 Å². The fourth-order valence-corrected chi connectivity index (χ4v) is 2.85. The summed E-state index contributed by atoms with van der Waals surface area (Å²) in [6.45, 7) is 0.302. The Hall–Kier alpha value is -1.86. The van der Waals surface area contributed by atoms with Gasteiger partial charge in [0.15, 0.2) is 0 Å². The van der Waals surface area contributed by atoms with Crippen LogP contribution in [0.25, 0.3) is 0 Å². The molecule has 0 bridgehead atoms. The molecule has 1 unspecified atom stereocenters. The van der Waals surface area contributed by atoms with Gasteiger partial charge in [-0.25, -0.2) is 0 Å². The Morgan fingerprint density at radius 2 is 2.00 bits per heavy atom. The van der Waals surface area contributed by atoms with Gasteiger partial charge >= 0.3 is 0 Å². The Balaban J connectivity index is 2.07. The van der Waals surface area contributed by atoms with E-state index in [2.05, 4.69) is 6.07 Å². The Morgan fingerprint density at radius 1 is 1.40 bits per heavy atom. The highest BCUT2D eigenvalue weighted by Gasteiger charge is 2.35. The number of amides is 1. The van der Waals surface area contributed by atoms with Gasteiger partial charge in [0.25, 0.3) is 0 Å². The molecular weight excluding hydrogens is 252 g/mol. The van der Waals surface area contributed by atoms with E-state index in [0.29, 0.717) is 12.1 Å². The van der Waals surface area contributed by atoms with Crippen molar-refractivity contribution < 1.29 is 9.90 Å². The second-order valence-electron chi connectivity index (χ2n) is 5.60. The molecule has 1 N–H and O–H groups in total. The molecule has 20 heavy (non-hydrogen) atoms. The third-order valence-electron chi connectivity index (χ3n) is 3.95. The zero-order chi connectivity index (χ0) is 14.6. The summed E-state index contributed by atoms with van der Waals surface area (Å²) in [6, 6.07) is 11.1. The number of aliphatic hydroxyl groups is 1. The lowest BCUT2D eigenvalue weighted by molar-refractivity contribution is -0.133. The van der Waals surface area contributed by atoms with E-state index in [4.69, 9.17) is 0 Å². The molecule has 1 atom stereocenters. The molecule has 1 fully saturated rings. The van der Waals surface area contributed by atoms with E-state index in [1.165, 1.54) is 4.90 Å². The predicted molar refractivity (Wildman–Crippen MR) is 75.9 cm³/mol. The van der Waals surface area contributed by atoms with E-state index in [-0.39, 0.29) is 5.91 Å². The van der Waals surface area contributed by atoms with Crippen molar-refractivity contribution in [1.29, 1.82) is 5.26 Å². The topological polar surface area (TPSA) is 64.3 Å². The smallest absolute Gasteiger partial charge is 0.244 e. The summed E-state index contributed by atoms with van der Waals surface area (Å²) in [4.78, 5) is 13.9. The molecule has 0 aliphatic heterocycles. The van der Waals surface area contributed by atoms with Crippen LogP contribution in [0.4, 0.5) is 0 Å². The minimum absolute atomic E-state index is 0.251. The van der Waals surface area contributed by atoms with Crippen LogP contribution in [0.2, 0.25) is 0 Å². The van der Waals surface area contributed by atoms with Crippen LogP contribution in [0.1, 0.15) is 37.2 Å². The number of nitrogens with zero attached hydrogens (tertiary/aromatic N) is 2. The molecule has 1 saturated carbocycles. The van der Waals surface area contributed by atoms with Crippen LogP contribution < -0.4 is 0 Å². The maximum absolute atomic E-state index is 12.4. The van der Waals surface area contributed by atoms with Crippen LogP contribution in [0.15, 0.2) is 30.3 Å². The quantitative estimate of drug-likeness (QED) is 0.912. The number of benzene rings is 1. The molecule has 0 aromatic heterocycles. The number of rotatable bonds is 4. The van der Waals surface area contributed by atoms with Gasteiger partial charge in [-0.15, -0.1) is 0 Å². The fourth-order valence-electron chi connectivity index (χ4n) is 2.85. The van der Waals surface area contributed by atoms with Crippen LogP contribution in [0.3, 0.4) is 0 Å². The summed E-state index contributed by atoms with van der Waals surface area (Å²) < 4.78 is 0. The van der Waals surface area contributed by atoms with Gasteiger partial charge in [0, 0.05) is 13.6 Å². The van der Waals surface area contributed by atoms with Gasteiger partial charge in [-0.3, -0.25) is 4.79 Å². The Bertz CT molecular complexity index is 501. The highest BCUT2D eigenvalue weighted by atomic mass is 16.3. The molecule has 0 saturated heterocycles. The van der Waals surface area contributed by atoms with Crippen LogP contribution >= 0.6 is 0 Å². The van der Waals surface area contributed by atoms with Gasteiger partial charge in [-0.1, -0.05) is 43.2 Å². The minimum atomic E-state index is -0.800. The van der Waals surface area contributed by atoms with E-state index in [1.807, 2.05) is 18.2 Å². The fraction of sp³-hybridized carbons (Fsp3) is 0.500. The van der Waals surface area contributed by atoms with Gasteiger partial charge in [0.2, 0.25) is 5.91 Å². The largest absolute Gasteiger partial charge is 0.388 e. The molecule has 1 aliphatic carbocycles. The normalized spacial score (nSPS) is 18.2. The summed E-state index contributed by atoms with van der Waals surface area (Å²) in [7, 11) is 1.66. The number of likely N-dealkylation sites (N-methyl/N-ethyl adjacent to an activating group) is 1. The molecule has 2 rings (SSSR count). The van der Waals surface area contributed by atoms with Crippen molar-refractivity contribution in [1.82, 2.24) is 4.90 Å². The maximum atomic E-state index is 12.4. The molecule has 1 aromatic carbocycles. The molecule has 1 amide bonds. The Morgan fingerprint density at radius 3 is 2.55 bits per heavy atom. The molecular formula is C16H20N2O2. The zero-order valence-electron chi connectivity index (χ0n) is 11.7. The number of hydrogen-bond donors (Lipinski definition) is 1. The monoisotopic (exact) mass is 272 g/mol. The summed E-state index contributed by atoms with van der Waals surface area (Å²) >= 11 is 0. The number of nitriles is 1. The second kappa shape index (κ2) is 6.06. The molecule has 4 heteroatoms. The average molecular weight is 272 g/mol. The van der Waals surface area contributed by atoms with Crippen molar-refractivity contribution in [3.05, 3.63) is 35.9 Å². The first-order valence-electron chi connectivity index (χ1n) is 6.98. The van der Waals surface area contributed by atoms with E-state index in [0.717, 1.165) is 25.7 Å². The highest BCUT2D eigenvalue weighted by Crippen LogP contribution is 2.30. The minimum Gasteiger partial charge on any atom is -0.388 e. The molecule has 1 aromatic rings.